The number of esters is 1. The van der Waals surface area contributed by atoms with Crippen LogP contribution in [0.4, 0.5) is 5.69 Å². The second-order valence-electron chi connectivity index (χ2n) is 3.55. The molecule has 18 heavy (non-hydrogen) atoms. The van der Waals surface area contributed by atoms with E-state index in [1.807, 2.05) is 0 Å². The maximum absolute atomic E-state index is 11.5. The van der Waals surface area contributed by atoms with E-state index in [0.29, 0.717) is 5.56 Å². The average molecular weight is 251 g/mol. The van der Waals surface area contributed by atoms with Crippen LogP contribution in [0.25, 0.3) is 6.08 Å². The Kier molecular flexibility index (Phi) is 4.56. The monoisotopic (exact) mass is 251 g/mol. The van der Waals surface area contributed by atoms with Crippen molar-refractivity contribution in [2.75, 3.05) is 13.7 Å². The molecule has 0 amide bonds. The van der Waals surface area contributed by atoms with E-state index in [4.69, 9.17) is 5.11 Å². The minimum Gasteiger partial charge on any atom is -0.465 e. The van der Waals surface area contributed by atoms with Crippen molar-refractivity contribution in [1.29, 1.82) is 0 Å². The average Bonchev–Trinajstić information content (AvgIpc) is 2.36. The molecule has 1 rings (SSSR count). The smallest absolute Gasteiger partial charge is 0.338 e. The summed E-state index contributed by atoms with van der Waals surface area (Å²) in [7, 11) is 1.21. The number of methoxy groups -OCH3 is 1. The molecule has 0 saturated carbocycles. The first kappa shape index (κ1) is 13.9. The van der Waals surface area contributed by atoms with Crippen LogP contribution >= 0.6 is 0 Å². The summed E-state index contributed by atoms with van der Waals surface area (Å²) in [6.07, 6.45) is 2.92. The molecule has 0 aliphatic heterocycles. The van der Waals surface area contributed by atoms with Crippen LogP contribution in [0.3, 0.4) is 0 Å². The summed E-state index contributed by atoms with van der Waals surface area (Å²) in [6, 6.07) is 2.83. The summed E-state index contributed by atoms with van der Waals surface area (Å²) in [6.45, 7) is 1.30. The molecule has 6 heteroatoms. The van der Waals surface area contributed by atoms with E-state index in [1.165, 1.54) is 38.3 Å². The zero-order chi connectivity index (χ0) is 13.7. The second-order valence-corrected chi connectivity index (χ2v) is 3.55. The van der Waals surface area contributed by atoms with Crippen molar-refractivity contribution in [1.82, 2.24) is 0 Å². The fraction of sp³-hybridized carbons (Fsp3) is 0.250. The van der Waals surface area contributed by atoms with Crippen molar-refractivity contribution < 1.29 is 19.6 Å². The quantitative estimate of drug-likeness (QED) is 0.499. The lowest BCUT2D eigenvalue weighted by Crippen LogP contribution is -2.06. The van der Waals surface area contributed by atoms with Crippen LogP contribution in [0.15, 0.2) is 18.2 Å². The Bertz CT molecular complexity index is 507. The number of nitro benzene ring substituents is 1. The number of aliphatic hydroxyl groups is 1. The van der Waals surface area contributed by atoms with Crippen LogP contribution in [0.1, 0.15) is 21.5 Å². The lowest BCUT2D eigenvalue weighted by Gasteiger charge is -2.06. The number of hydrogen-bond acceptors (Lipinski definition) is 5. The van der Waals surface area contributed by atoms with Gasteiger partial charge in [-0.2, -0.15) is 0 Å². The van der Waals surface area contributed by atoms with E-state index in [-0.39, 0.29) is 23.4 Å². The number of carbonyl (C=O) groups is 1. The minimum absolute atomic E-state index is 0.143. The third-order valence-electron chi connectivity index (χ3n) is 2.42. The first-order valence-electron chi connectivity index (χ1n) is 5.16. The van der Waals surface area contributed by atoms with Gasteiger partial charge < -0.3 is 9.84 Å². The summed E-state index contributed by atoms with van der Waals surface area (Å²) in [5.74, 6) is -0.630. The molecule has 0 aliphatic rings. The van der Waals surface area contributed by atoms with E-state index in [9.17, 15) is 14.9 Å². The van der Waals surface area contributed by atoms with Gasteiger partial charge in [-0.15, -0.1) is 0 Å². The molecule has 0 saturated heterocycles. The van der Waals surface area contributed by atoms with E-state index in [1.54, 1.807) is 0 Å². The fourth-order valence-electron chi connectivity index (χ4n) is 1.52. The van der Waals surface area contributed by atoms with Gasteiger partial charge in [-0.3, -0.25) is 10.1 Å². The Balaban J connectivity index is 3.41. The Morgan fingerprint density at radius 3 is 2.72 bits per heavy atom. The van der Waals surface area contributed by atoms with Gasteiger partial charge in [0.2, 0.25) is 0 Å². The van der Waals surface area contributed by atoms with E-state index in [2.05, 4.69) is 4.74 Å². The maximum Gasteiger partial charge on any atom is 0.338 e. The highest BCUT2D eigenvalue weighted by atomic mass is 16.6. The Morgan fingerprint density at radius 2 is 2.22 bits per heavy atom. The van der Waals surface area contributed by atoms with E-state index >= 15 is 0 Å². The SMILES string of the molecule is COC(=O)c1cc(C=CCO)cc([N+](=O)[O-])c1C. The lowest BCUT2D eigenvalue weighted by atomic mass is 10.0. The predicted molar refractivity (Wildman–Crippen MR) is 65.3 cm³/mol. The van der Waals surface area contributed by atoms with Gasteiger partial charge in [0.1, 0.15) is 0 Å². The summed E-state index contributed by atoms with van der Waals surface area (Å²) in [5.41, 5.74) is 0.703. The van der Waals surface area contributed by atoms with Gasteiger partial charge >= 0.3 is 5.97 Å². The van der Waals surface area contributed by atoms with Gasteiger partial charge in [0, 0.05) is 11.6 Å². The molecule has 96 valence electrons. The van der Waals surface area contributed by atoms with Gasteiger partial charge in [0.05, 0.1) is 24.2 Å². The van der Waals surface area contributed by atoms with Crippen LogP contribution in [-0.4, -0.2) is 29.7 Å². The van der Waals surface area contributed by atoms with Crippen molar-refractivity contribution in [2.45, 2.75) is 6.92 Å². The molecule has 0 aromatic heterocycles. The molecule has 1 aromatic carbocycles. The Labute approximate surface area is 104 Å². The normalized spacial score (nSPS) is 10.6. The largest absolute Gasteiger partial charge is 0.465 e. The lowest BCUT2D eigenvalue weighted by molar-refractivity contribution is -0.385. The molecule has 0 atom stereocenters. The zero-order valence-electron chi connectivity index (χ0n) is 10.0. The molecular weight excluding hydrogens is 238 g/mol. The number of benzene rings is 1. The summed E-state index contributed by atoms with van der Waals surface area (Å²) < 4.78 is 4.58. The van der Waals surface area contributed by atoms with Gasteiger partial charge in [0.15, 0.2) is 0 Å². The standard InChI is InChI=1S/C12H13NO5/c1-8-10(12(15)18-2)6-9(4-3-5-14)7-11(8)13(16)17/h3-4,6-7,14H,5H2,1-2H3. The summed E-state index contributed by atoms with van der Waals surface area (Å²) in [5, 5.41) is 19.6. The van der Waals surface area contributed by atoms with Gasteiger partial charge in [-0.1, -0.05) is 12.2 Å². The van der Waals surface area contributed by atoms with Gasteiger partial charge in [0.25, 0.3) is 5.69 Å². The molecule has 0 unspecified atom stereocenters. The topological polar surface area (TPSA) is 89.7 Å². The number of nitrogens with zero attached hydrogens (tertiary/aromatic N) is 1. The number of ether oxygens (including phenoxy) is 1. The van der Waals surface area contributed by atoms with Crippen LogP contribution in [0.5, 0.6) is 0 Å². The number of rotatable bonds is 4. The first-order valence-corrected chi connectivity index (χ1v) is 5.16. The van der Waals surface area contributed by atoms with Crippen LogP contribution in [0, 0.1) is 17.0 Å². The first-order chi connectivity index (χ1) is 8.51. The molecular formula is C12H13NO5. The molecule has 1 aromatic rings. The molecule has 0 fully saturated rings. The Hall–Kier alpha value is -2.21. The molecule has 0 aliphatic carbocycles. The van der Waals surface area contributed by atoms with Crippen molar-refractivity contribution in [3.8, 4) is 0 Å². The number of nitro groups is 1. The predicted octanol–water partition coefficient (Wildman–Crippen LogP) is 1.70. The highest BCUT2D eigenvalue weighted by Gasteiger charge is 2.20. The number of hydrogen-bond donors (Lipinski definition) is 1. The highest BCUT2D eigenvalue weighted by Crippen LogP contribution is 2.25. The van der Waals surface area contributed by atoms with Crippen molar-refractivity contribution in [2.24, 2.45) is 0 Å². The molecule has 0 radical (unpaired) electrons. The second kappa shape index (κ2) is 5.92. The third-order valence-corrected chi connectivity index (χ3v) is 2.42. The number of carbonyl (C=O) groups excluding carboxylic acids is 1. The number of aliphatic hydroxyl groups excluding tert-OH is 1. The van der Waals surface area contributed by atoms with Crippen LogP contribution in [-0.2, 0) is 4.74 Å². The van der Waals surface area contributed by atoms with E-state index in [0.717, 1.165) is 0 Å². The van der Waals surface area contributed by atoms with Crippen molar-refractivity contribution >= 4 is 17.7 Å². The van der Waals surface area contributed by atoms with Crippen molar-refractivity contribution in [3.63, 3.8) is 0 Å². The van der Waals surface area contributed by atoms with Crippen molar-refractivity contribution in [3.05, 3.63) is 45.0 Å². The molecule has 1 N–H and O–H groups in total. The van der Waals surface area contributed by atoms with Crippen LogP contribution < -0.4 is 0 Å². The molecule has 6 nitrogen and oxygen atoms in total. The minimum atomic E-state index is -0.630. The fourth-order valence-corrected chi connectivity index (χ4v) is 1.52. The van der Waals surface area contributed by atoms with Gasteiger partial charge in [-0.05, 0) is 18.6 Å². The molecule has 0 bridgehead atoms. The molecule has 0 heterocycles. The Morgan fingerprint density at radius 1 is 1.56 bits per heavy atom. The third kappa shape index (κ3) is 2.92. The summed E-state index contributed by atoms with van der Waals surface area (Å²) in [4.78, 5) is 21.9. The van der Waals surface area contributed by atoms with E-state index < -0.39 is 10.9 Å². The van der Waals surface area contributed by atoms with Gasteiger partial charge in [-0.25, -0.2) is 4.79 Å². The van der Waals surface area contributed by atoms with Crippen LogP contribution in [0.2, 0.25) is 0 Å². The maximum atomic E-state index is 11.5. The highest BCUT2D eigenvalue weighted by molar-refractivity contribution is 5.93. The zero-order valence-corrected chi connectivity index (χ0v) is 10.0. The molecule has 0 spiro atoms. The summed E-state index contributed by atoms with van der Waals surface area (Å²) >= 11 is 0.